The van der Waals surface area contributed by atoms with Crippen LogP contribution in [0.5, 0.6) is 11.5 Å². The molecule has 1 N–H and O–H groups in total. The van der Waals surface area contributed by atoms with Crippen LogP contribution >= 0.6 is 0 Å². The SMILES string of the molecule is CCCCCCCCCCCCOc1ccc(C(=O)c2ccccc2C(=O)[O-])c(O)c1.[Na+]. The fourth-order valence-electron chi connectivity index (χ4n) is 3.58. The molecule has 0 saturated heterocycles. The van der Waals surface area contributed by atoms with Gasteiger partial charge in [-0.2, -0.15) is 0 Å². The van der Waals surface area contributed by atoms with Crippen molar-refractivity contribution in [1.82, 2.24) is 0 Å². The molecule has 0 fully saturated rings. The number of aromatic carboxylic acids is 1. The second-order valence-corrected chi connectivity index (χ2v) is 7.87. The van der Waals surface area contributed by atoms with Gasteiger partial charge in [0.15, 0.2) is 5.78 Å². The molecule has 0 aromatic heterocycles. The van der Waals surface area contributed by atoms with Crippen LogP contribution in [0, 0.1) is 0 Å². The molecule has 2 rings (SSSR count). The minimum Gasteiger partial charge on any atom is -0.545 e. The Labute approximate surface area is 213 Å². The molecule has 2 aromatic carbocycles. The second-order valence-electron chi connectivity index (χ2n) is 7.87. The fourth-order valence-corrected chi connectivity index (χ4v) is 3.58. The van der Waals surface area contributed by atoms with E-state index in [0.29, 0.717) is 12.4 Å². The van der Waals surface area contributed by atoms with Gasteiger partial charge in [0.1, 0.15) is 11.5 Å². The number of hydrogen-bond acceptors (Lipinski definition) is 5. The van der Waals surface area contributed by atoms with Crippen LogP contribution in [0.3, 0.4) is 0 Å². The van der Waals surface area contributed by atoms with Gasteiger partial charge in [-0.15, -0.1) is 0 Å². The largest absolute Gasteiger partial charge is 1.00 e. The molecule has 0 unspecified atom stereocenters. The van der Waals surface area contributed by atoms with Crippen molar-refractivity contribution in [3.8, 4) is 11.5 Å². The van der Waals surface area contributed by atoms with Gasteiger partial charge in [0.25, 0.3) is 0 Å². The van der Waals surface area contributed by atoms with Gasteiger partial charge in [0, 0.05) is 17.2 Å². The number of carboxylic acids is 1. The standard InChI is InChI=1S/C26H34O5.Na/c1-2-3-4-5-6-7-8-9-10-13-18-31-20-16-17-23(24(27)19-20)25(28)21-14-11-12-15-22(21)26(29)30;/h11-12,14-17,19,27H,2-10,13,18H2,1H3,(H,29,30);/q;+1/p-1. The molecule has 6 heteroatoms. The van der Waals surface area contributed by atoms with Crippen LogP contribution in [0.15, 0.2) is 42.5 Å². The van der Waals surface area contributed by atoms with Crippen LogP contribution in [-0.4, -0.2) is 23.5 Å². The van der Waals surface area contributed by atoms with Crippen molar-refractivity contribution in [2.24, 2.45) is 0 Å². The van der Waals surface area contributed by atoms with Gasteiger partial charge in [-0.1, -0.05) is 89.0 Å². The fraction of sp³-hybridized carbons (Fsp3) is 0.462. The second kappa shape index (κ2) is 15.9. The number of phenolic OH excluding ortho intramolecular Hbond substituents is 1. The minimum atomic E-state index is -1.43. The maximum Gasteiger partial charge on any atom is 1.00 e. The number of ketones is 1. The molecular weight excluding hydrogens is 415 g/mol. The quantitative estimate of drug-likeness (QED) is 0.257. The van der Waals surface area contributed by atoms with Gasteiger partial charge in [0.2, 0.25) is 0 Å². The molecule has 0 amide bonds. The van der Waals surface area contributed by atoms with Crippen LogP contribution in [0.1, 0.15) is 97.4 Å². The number of aromatic hydroxyl groups is 1. The summed E-state index contributed by atoms with van der Waals surface area (Å²) in [6.07, 6.45) is 12.5. The first-order valence-electron chi connectivity index (χ1n) is 11.4. The molecule has 0 spiro atoms. The molecule has 0 aliphatic carbocycles. The summed E-state index contributed by atoms with van der Waals surface area (Å²) in [4.78, 5) is 23.9. The van der Waals surface area contributed by atoms with E-state index < -0.39 is 11.8 Å². The Hall–Kier alpha value is -1.82. The summed E-state index contributed by atoms with van der Waals surface area (Å²) in [5.41, 5.74) is -0.190. The van der Waals surface area contributed by atoms with Crippen LogP contribution in [-0.2, 0) is 0 Å². The van der Waals surface area contributed by atoms with Crippen molar-refractivity contribution in [2.45, 2.75) is 71.1 Å². The van der Waals surface area contributed by atoms with E-state index >= 15 is 0 Å². The number of carbonyl (C=O) groups excluding carboxylic acids is 2. The third-order valence-corrected chi connectivity index (χ3v) is 5.37. The average Bonchev–Trinajstić information content (AvgIpc) is 2.77. The smallest absolute Gasteiger partial charge is 0.545 e. The van der Waals surface area contributed by atoms with Crippen LogP contribution in [0.2, 0.25) is 0 Å². The zero-order chi connectivity index (χ0) is 22.5. The Morgan fingerprint density at radius 1 is 0.812 bits per heavy atom. The van der Waals surface area contributed by atoms with Crippen molar-refractivity contribution in [1.29, 1.82) is 0 Å². The van der Waals surface area contributed by atoms with Crippen molar-refractivity contribution >= 4 is 11.8 Å². The van der Waals surface area contributed by atoms with Crippen LogP contribution in [0.25, 0.3) is 0 Å². The number of carbonyl (C=O) groups is 2. The van der Waals surface area contributed by atoms with Gasteiger partial charge >= 0.3 is 29.6 Å². The molecule has 0 aliphatic heterocycles. The van der Waals surface area contributed by atoms with E-state index in [9.17, 15) is 19.8 Å². The van der Waals surface area contributed by atoms with Gasteiger partial charge in [-0.05, 0) is 18.6 Å². The van der Waals surface area contributed by atoms with E-state index in [-0.39, 0.29) is 52.0 Å². The first-order valence-corrected chi connectivity index (χ1v) is 11.4. The summed E-state index contributed by atoms with van der Waals surface area (Å²) < 4.78 is 5.69. The molecular formula is C26H33NaO5. The van der Waals surface area contributed by atoms with Gasteiger partial charge in [0.05, 0.1) is 18.1 Å². The van der Waals surface area contributed by atoms with Crippen LogP contribution in [0.4, 0.5) is 0 Å². The third-order valence-electron chi connectivity index (χ3n) is 5.37. The van der Waals surface area contributed by atoms with E-state index in [1.807, 2.05) is 0 Å². The Bertz CT molecular complexity index is 850. The molecule has 5 nitrogen and oxygen atoms in total. The summed E-state index contributed by atoms with van der Waals surface area (Å²) in [7, 11) is 0. The van der Waals surface area contributed by atoms with E-state index in [1.54, 1.807) is 12.1 Å². The number of phenols is 1. The van der Waals surface area contributed by atoms with Crippen molar-refractivity contribution in [3.63, 3.8) is 0 Å². The van der Waals surface area contributed by atoms with Crippen molar-refractivity contribution < 1.29 is 54.1 Å². The molecule has 0 heterocycles. The Morgan fingerprint density at radius 3 is 1.94 bits per heavy atom. The van der Waals surface area contributed by atoms with Crippen molar-refractivity contribution in [3.05, 3.63) is 59.2 Å². The van der Waals surface area contributed by atoms with Gasteiger partial charge in [-0.3, -0.25) is 4.79 Å². The van der Waals surface area contributed by atoms with Crippen LogP contribution < -0.4 is 39.4 Å². The first-order chi connectivity index (χ1) is 15.0. The summed E-state index contributed by atoms with van der Waals surface area (Å²) >= 11 is 0. The normalized spacial score (nSPS) is 10.4. The molecule has 0 saturated carbocycles. The first kappa shape index (κ1) is 28.2. The third kappa shape index (κ3) is 9.35. The summed E-state index contributed by atoms with van der Waals surface area (Å²) in [6, 6.07) is 10.3. The number of ether oxygens (including phenoxy) is 1. The van der Waals surface area contributed by atoms with E-state index in [1.165, 1.54) is 81.7 Å². The summed E-state index contributed by atoms with van der Waals surface area (Å²) in [5, 5.41) is 21.5. The van der Waals surface area contributed by atoms with Gasteiger partial charge in [-0.25, -0.2) is 0 Å². The molecule has 32 heavy (non-hydrogen) atoms. The Balaban J connectivity index is 0.00000512. The number of hydrogen-bond donors (Lipinski definition) is 1. The predicted molar refractivity (Wildman–Crippen MR) is 120 cm³/mol. The van der Waals surface area contributed by atoms with E-state index in [0.717, 1.165) is 12.8 Å². The maximum absolute atomic E-state index is 12.7. The molecule has 0 bridgehead atoms. The Morgan fingerprint density at radius 2 is 1.38 bits per heavy atom. The van der Waals surface area contributed by atoms with E-state index in [2.05, 4.69) is 6.92 Å². The number of unbranched alkanes of at least 4 members (excludes halogenated alkanes) is 9. The topological polar surface area (TPSA) is 86.7 Å². The average molecular weight is 449 g/mol. The summed E-state index contributed by atoms with van der Waals surface area (Å²) in [5.74, 6) is -1.75. The monoisotopic (exact) mass is 448 g/mol. The summed E-state index contributed by atoms with van der Waals surface area (Å²) in [6.45, 7) is 2.79. The maximum atomic E-state index is 12.7. The number of benzene rings is 2. The zero-order valence-electron chi connectivity index (χ0n) is 19.4. The predicted octanol–water partition coefficient (Wildman–Crippen LogP) is 2.29. The number of rotatable bonds is 15. The van der Waals surface area contributed by atoms with Gasteiger partial charge < -0.3 is 19.7 Å². The molecule has 0 atom stereocenters. The number of carboxylic acid groups (broad SMARTS) is 1. The van der Waals surface area contributed by atoms with Crippen molar-refractivity contribution in [2.75, 3.05) is 6.61 Å². The minimum absolute atomic E-state index is 0. The molecule has 0 radical (unpaired) electrons. The van der Waals surface area contributed by atoms with E-state index in [4.69, 9.17) is 4.74 Å². The molecule has 168 valence electrons. The zero-order valence-corrected chi connectivity index (χ0v) is 21.4. The molecule has 0 aliphatic rings. The molecule has 2 aromatic rings. The Kier molecular flexibility index (Phi) is 14.0.